The predicted molar refractivity (Wildman–Crippen MR) is 80.9 cm³/mol. The Balaban J connectivity index is 2.32. The van der Waals surface area contributed by atoms with Crippen molar-refractivity contribution in [1.29, 1.82) is 0 Å². The summed E-state index contributed by atoms with van der Waals surface area (Å²) in [5.74, 6) is -1.44. The summed E-state index contributed by atoms with van der Waals surface area (Å²) >= 11 is 2.17. The van der Waals surface area contributed by atoms with Crippen LogP contribution in [0.3, 0.4) is 0 Å². The van der Waals surface area contributed by atoms with Crippen LogP contribution in [0.2, 0.25) is 0 Å². The first-order valence-electron chi connectivity index (χ1n) is 6.59. The highest BCUT2D eigenvalue weighted by atomic mass is 127. The molecule has 0 radical (unpaired) electrons. The third-order valence-corrected chi connectivity index (χ3v) is 4.32. The summed E-state index contributed by atoms with van der Waals surface area (Å²) in [4.78, 5) is 0. The minimum atomic E-state index is -0.604. The molecule has 1 aromatic rings. The molecule has 1 aromatic carbocycles. The van der Waals surface area contributed by atoms with Crippen LogP contribution in [0.15, 0.2) is 12.1 Å². The Morgan fingerprint density at radius 1 is 1.16 bits per heavy atom. The van der Waals surface area contributed by atoms with Crippen LogP contribution in [-0.4, -0.2) is 5.60 Å². The number of alkyl halides is 1. The maximum atomic E-state index is 14.1. The van der Waals surface area contributed by atoms with E-state index in [1.807, 2.05) is 20.8 Å². The molecule has 0 bridgehead atoms. The molecule has 1 fully saturated rings. The Hall–Kier alpha value is -0.390. The van der Waals surface area contributed by atoms with Gasteiger partial charge in [-0.2, -0.15) is 0 Å². The molecular weight excluding hydrogens is 361 g/mol. The fourth-order valence-electron chi connectivity index (χ4n) is 2.47. The summed E-state index contributed by atoms with van der Waals surface area (Å²) < 4.78 is 33.5. The summed E-state index contributed by atoms with van der Waals surface area (Å²) in [6.07, 6.45) is 3.81. The molecular formula is C15H19F2IO. The molecule has 0 atom stereocenters. The average Bonchev–Trinajstić information content (AvgIpc) is 2.69. The summed E-state index contributed by atoms with van der Waals surface area (Å²) in [7, 11) is 0. The molecule has 106 valence electrons. The highest BCUT2D eigenvalue weighted by molar-refractivity contribution is 14.1. The van der Waals surface area contributed by atoms with Crippen LogP contribution in [0.5, 0.6) is 5.75 Å². The van der Waals surface area contributed by atoms with Gasteiger partial charge in [0.15, 0.2) is 17.4 Å². The van der Waals surface area contributed by atoms with Crippen LogP contribution in [0.25, 0.3) is 0 Å². The number of benzene rings is 1. The quantitative estimate of drug-likeness (QED) is 0.508. The second-order valence-electron chi connectivity index (χ2n) is 6.00. The first kappa shape index (κ1) is 15.0. The SMILES string of the molecule is CC1(Oc2c(F)cc(C(C)(C)I)cc2F)CCCC1. The van der Waals surface area contributed by atoms with Gasteiger partial charge in [0.1, 0.15) is 5.60 Å². The number of hydrogen-bond acceptors (Lipinski definition) is 1. The molecule has 0 N–H and O–H groups in total. The van der Waals surface area contributed by atoms with Crippen LogP contribution in [0.1, 0.15) is 52.0 Å². The van der Waals surface area contributed by atoms with Crippen molar-refractivity contribution in [3.05, 3.63) is 29.3 Å². The van der Waals surface area contributed by atoms with Crippen LogP contribution >= 0.6 is 22.6 Å². The first-order chi connectivity index (χ1) is 8.71. The molecule has 0 amide bonds. The van der Waals surface area contributed by atoms with Gasteiger partial charge in [-0.25, -0.2) is 8.78 Å². The van der Waals surface area contributed by atoms with E-state index < -0.39 is 17.2 Å². The smallest absolute Gasteiger partial charge is 0.191 e. The molecule has 0 spiro atoms. The van der Waals surface area contributed by atoms with E-state index in [0.717, 1.165) is 25.7 Å². The summed E-state index contributed by atoms with van der Waals surface area (Å²) in [5, 5.41) is 0. The van der Waals surface area contributed by atoms with E-state index in [1.54, 1.807) is 0 Å². The van der Waals surface area contributed by atoms with Crippen LogP contribution in [0, 0.1) is 11.6 Å². The number of halogens is 3. The van der Waals surface area contributed by atoms with Crippen molar-refractivity contribution in [3.8, 4) is 5.75 Å². The fourth-order valence-corrected chi connectivity index (χ4v) is 2.78. The van der Waals surface area contributed by atoms with E-state index in [4.69, 9.17) is 4.74 Å². The monoisotopic (exact) mass is 380 g/mol. The van der Waals surface area contributed by atoms with Gasteiger partial charge in [0.25, 0.3) is 0 Å². The van der Waals surface area contributed by atoms with Gasteiger partial charge in [-0.05, 0) is 64.2 Å². The van der Waals surface area contributed by atoms with Crippen molar-refractivity contribution in [2.75, 3.05) is 0 Å². The lowest BCUT2D eigenvalue weighted by molar-refractivity contribution is 0.0855. The molecule has 1 aliphatic carbocycles. The fraction of sp³-hybridized carbons (Fsp3) is 0.600. The molecule has 4 heteroatoms. The lowest BCUT2D eigenvalue weighted by Gasteiger charge is -2.27. The Bertz CT molecular complexity index is 451. The number of rotatable bonds is 3. The second-order valence-corrected chi connectivity index (χ2v) is 8.70. The van der Waals surface area contributed by atoms with Crippen molar-refractivity contribution in [3.63, 3.8) is 0 Å². The van der Waals surface area contributed by atoms with E-state index in [2.05, 4.69) is 22.6 Å². The Morgan fingerprint density at radius 2 is 1.63 bits per heavy atom. The van der Waals surface area contributed by atoms with E-state index in [9.17, 15) is 8.78 Å². The molecule has 0 aromatic heterocycles. The lowest BCUT2D eigenvalue weighted by atomic mass is 10.0. The first-order valence-corrected chi connectivity index (χ1v) is 7.67. The number of hydrogen-bond donors (Lipinski definition) is 0. The van der Waals surface area contributed by atoms with Crippen LogP contribution in [0.4, 0.5) is 8.78 Å². The van der Waals surface area contributed by atoms with Crippen molar-refractivity contribution in [1.82, 2.24) is 0 Å². The third kappa shape index (κ3) is 3.38. The summed E-state index contributed by atoms with van der Waals surface area (Å²) in [6, 6.07) is 2.76. The Morgan fingerprint density at radius 3 is 2.05 bits per heavy atom. The van der Waals surface area contributed by atoms with Gasteiger partial charge in [0.2, 0.25) is 0 Å². The highest BCUT2D eigenvalue weighted by Crippen LogP contribution is 2.39. The minimum Gasteiger partial charge on any atom is -0.481 e. The maximum absolute atomic E-state index is 14.1. The zero-order valence-electron chi connectivity index (χ0n) is 11.5. The van der Waals surface area contributed by atoms with Crippen molar-refractivity contribution >= 4 is 22.6 Å². The standard InChI is InChI=1S/C15H19F2IO/c1-14(2,18)10-8-11(16)13(12(17)9-10)19-15(3)6-4-5-7-15/h8-9H,4-7H2,1-3H3. The average molecular weight is 380 g/mol. The predicted octanol–water partition coefficient (Wildman–Crippen LogP) is 5.35. The van der Waals surface area contributed by atoms with Gasteiger partial charge in [0.05, 0.1) is 0 Å². The normalized spacial score (nSPS) is 18.6. The van der Waals surface area contributed by atoms with Crippen LogP contribution < -0.4 is 4.74 Å². The van der Waals surface area contributed by atoms with Gasteiger partial charge in [-0.3, -0.25) is 0 Å². The lowest BCUT2D eigenvalue weighted by Crippen LogP contribution is -2.29. The maximum Gasteiger partial charge on any atom is 0.191 e. The largest absolute Gasteiger partial charge is 0.481 e. The van der Waals surface area contributed by atoms with Gasteiger partial charge < -0.3 is 4.74 Å². The van der Waals surface area contributed by atoms with E-state index in [-0.39, 0.29) is 9.17 Å². The second kappa shape index (κ2) is 5.19. The number of ether oxygens (including phenoxy) is 1. The molecule has 1 nitrogen and oxygen atoms in total. The highest BCUT2D eigenvalue weighted by Gasteiger charge is 2.33. The third-order valence-electron chi connectivity index (χ3n) is 3.69. The Labute approximate surface area is 126 Å². The topological polar surface area (TPSA) is 9.23 Å². The molecule has 0 saturated heterocycles. The summed E-state index contributed by atoms with van der Waals surface area (Å²) in [5.41, 5.74) is 0.204. The van der Waals surface area contributed by atoms with E-state index in [0.29, 0.717) is 5.56 Å². The van der Waals surface area contributed by atoms with Crippen LogP contribution in [-0.2, 0) is 3.42 Å². The molecule has 19 heavy (non-hydrogen) atoms. The van der Waals surface area contributed by atoms with Crippen molar-refractivity contribution in [2.45, 2.75) is 55.5 Å². The molecule has 0 heterocycles. The van der Waals surface area contributed by atoms with Crippen molar-refractivity contribution in [2.24, 2.45) is 0 Å². The van der Waals surface area contributed by atoms with Gasteiger partial charge in [-0.15, -0.1) is 0 Å². The molecule has 1 aliphatic rings. The van der Waals surface area contributed by atoms with Gasteiger partial charge >= 0.3 is 0 Å². The minimum absolute atomic E-state index is 0.228. The van der Waals surface area contributed by atoms with E-state index in [1.165, 1.54) is 12.1 Å². The summed E-state index contributed by atoms with van der Waals surface area (Å²) in [6.45, 7) is 5.76. The zero-order valence-corrected chi connectivity index (χ0v) is 13.7. The Kier molecular flexibility index (Phi) is 4.10. The van der Waals surface area contributed by atoms with Gasteiger partial charge in [0, 0.05) is 3.42 Å². The molecule has 2 rings (SSSR count). The van der Waals surface area contributed by atoms with Crippen molar-refractivity contribution < 1.29 is 13.5 Å². The van der Waals surface area contributed by atoms with Gasteiger partial charge in [-0.1, -0.05) is 22.6 Å². The van der Waals surface area contributed by atoms with E-state index >= 15 is 0 Å². The molecule has 1 saturated carbocycles. The molecule has 0 aliphatic heterocycles. The zero-order chi connectivity index (χ0) is 14.3. The molecule has 0 unspecified atom stereocenters.